The van der Waals surface area contributed by atoms with Gasteiger partial charge in [0, 0.05) is 0 Å². The van der Waals surface area contributed by atoms with Gasteiger partial charge in [-0.15, -0.1) is 13.2 Å². The van der Waals surface area contributed by atoms with Crippen molar-refractivity contribution in [2.75, 3.05) is 13.2 Å². The summed E-state index contributed by atoms with van der Waals surface area (Å²) in [5.74, 6) is 0. The van der Waals surface area contributed by atoms with E-state index in [1.807, 2.05) is 0 Å². The molecule has 14 heteroatoms. The van der Waals surface area contributed by atoms with Crippen molar-refractivity contribution in [1.82, 2.24) is 0 Å². The van der Waals surface area contributed by atoms with Gasteiger partial charge in [-0.1, -0.05) is 0 Å². The summed E-state index contributed by atoms with van der Waals surface area (Å²) in [5.41, 5.74) is 0. The molecule has 0 aliphatic carbocycles. The summed E-state index contributed by atoms with van der Waals surface area (Å²) in [4.78, 5) is 0. The van der Waals surface area contributed by atoms with Gasteiger partial charge in [0.1, 0.15) is 0 Å². The fraction of sp³-hybridized carbons (Fsp3) is 1.00. The van der Waals surface area contributed by atoms with Crippen molar-refractivity contribution in [1.29, 1.82) is 0 Å². The Morgan fingerprint density at radius 1 is 0.737 bits per heavy atom. The monoisotopic (exact) mass is 330 g/mol. The Kier molecular flexibility index (Phi) is 5.69. The van der Waals surface area contributed by atoms with Crippen LogP contribution in [0, 0.1) is 0 Å². The molecule has 0 spiro atoms. The molecule has 0 saturated carbocycles. The molecule has 0 aromatic heterocycles. The fourth-order valence-electron chi connectivity index (χ4n) is 0.521. The van der Waals surface area contributed by atoms with Crippen molar-refractivity contribution >= 4 is 7.82 Å². The standard InChI is InChI=1S/C5H4F9O4P/c6-3(7,8)1-16-19(15,18-5(12,13)14)17-2-4(9,10)11/h1-2H2. The van der Waals surface area contributed by atoms with Gasteiger partial charge < -0.3 is 0 Å². The zero-order chi connectivity index (χ0) is 15.5. The van der Waals surface area contributed by atoms with Crippen LogP contribution in [0.3, 0.4) is 0 Å². The number of hydrogen-bond acceptors (Lipinski definition) is 4. The van der Waals surface area contributed by atoms with Crippen LogP contribution in [0.2, 0.25) is 0 Å². The first kappa shape index (κ1) is 18.5. The van der Waals surface area contributed by atoms with Crippen LogP contribution in [0.1, 0.15) is 0 Å². The summed E-state index contributed by atoms with van der Waals surface area (Å²) in [6.07, 6.45) is -16.3. The van der Waals surface area contributed by atoms with Gasteiger partial charge in [-0.2, -0.15) is 30.9 Å². The van der Waals surface area contributed by atoms with Crippen LogP contribution in [0.5, 0.6) is 0 Å². The van der Waals surface area contributed by atoms with Crippen molar-refractivity contribution in [3.8, 4) is 0 Å². The molecule has 0 fully saturated rings. The Morgan fingerprint density at radius 3 is 1.26 bits per heavy atom. The lowest BCUT2D eigenvalue weighted by molar-refractivity contribution is -0.288. The Morgan fingerprint density at radius 2 is 1.05 bits per heavy atom. The minimum absolute atomic E-state index is 2.53. The van der Waals surface area contributed by atoms with E-state index in [2.05, 4.69) is 13.6 Å². The molecule has 0 unspecified atom stereocenters. The van der Waals surface area contributed by atoms with Crippen LogP contribution in [0.25, 0.3) is 0 Å². The summed E-state index contributed by atoms with van der Waals surface area (Å²) in [6.45, 7) is -5.09. The smallest absolute Gasteiger partial charge is 0.277 e. The van der Waals surface area contributed by atoms with Crippen LogP contribution >= 0.6 is 7.82 Å². The van der Waals surface area contributed by atoms with Crippen molar-refractivity contribution in [2.45, 2.75) is 18.7 Å². The Labute approximate surface area is 98.6 Å². The first-order valence-corrected chi connectivity index (χ1v) is 5.38. The van der Waals surface area contributed by atoms with Crippen LogP contribution in [-0.4, -0.2) is 31.9 Å². The van der Waals surface area contributed by atoms with E-state index < -0.39 is 39.8 Å². The molecule has 0 radical (unpaired) electrons. The topological polar surface area (TPSA) is 44.8 Å². The number of alkyl halides is 9. The van der Waals surface area contributed by atoms with Gasteiger partial charge in [0.15, 0.2) is 13.2 Å². The minimum atomic E-state index is -6.10. The molecule has 0 heterocycles. The maximum Gasteiger partial charge on any atom is 0.531 e. The van der Waals surface area contributed by atoms with E-state index in [9.17, 15) is 44.1 Å². The SMILES string of the molecule is O=P(OCC(F)(F)F)(OCC(F)(F)F)OC(F)(F)F. The lowest BCUT2D eigenvalue weighted by atomic mass is 10.7. The maximum absolute atomic E-state index is 11.7. The van der Waals surface area contributed by atoms with E-state index in [1.54, 1.807) is 0 Å². The molecule has 19 heavy (non-hydrogen) atoms. The number of phosphoric ester groups is 1. The Balaban J connectivity index is 4.78. The molecule has 0 rings (SSSR count). The van der Waals surface area contributed by atoms with Crippen LogP contribution in [0.4, 0.5) is 39.5 Å². The van der Waals surface area contributed by atoms with Crippen molar-refractivity contribution < 1.29 is 57.7 Å². The zero-order valence-corrected chi connectivity index (χ0v) is 9.29. The van der Waals surface area contributed by atoms with Gasteiger partial charge in [0.05, 0.1) is 0 Å². The van der Waals surface area contributed by atoms with Crippen molar-refractivity contribution in [3.05, 3.63) is 0 Å². The molecule has 0 N–H and O–H groups in total. The van der Waals surface area contributed by atoms with Gasteiger partial charge in [-0.05, 0) is 0 Å². The highest BCUT2D eigenvalue weighted by atomic mass is 31.2. The highest BCUT2D eigenvalue weighted by Gasteiger charge is 2.47. The van der Waals surface area contributed by atoms with E-state index >= 15 is 0 Å². The van der Waals surface area contributed by atoms with E-state index in [-0.39, 0.29) is 0 Å². The molecule has 0 atom stereocenters. The van der Waals surface area contributed by atoms with Gasteiger partial charge >= 0.3 is 26.5 Å². The highest BCUT2D eigenvalue weighted by Crippen LogP contribution is 2.55. The number of rotatable bonds is 5. The largest absolute Gasteiger partial charge is 0.531 e. The average Bonchev–Trinajstić information content (AvgIpc) is 2.07. The molecular weight excluding hydrogens is 326 g/mol. The lowest BCUT2D eigenvalue weighted by Gasteiger charge is -2.20. The quantitative estimate of drug-likeness (QED) is 0.568. The van der Waals surface area contributed by atoms with Gasteiger partial charge in [-0.25, -0.2) is 4.57 Å². The number of hydrogen-bond donors (Lipinski definition) is 0. The van der Waals surface area contributed by atoms with E-state index in [0.29, 0.717) is 0 Å². The second-order valence-corrected chi connectivity index (χ2v) is 4.35. The first-order chi connectivity index (χ1) is 8.12. The molecular formula is C5H4F9O4P. The summed E-state index contributed by atoms with van der Waals surface area (Å²) in [7, 11) is -6.10. The molecule has 0 saturated heterocycles. The fourth-order valence-corrected chi connectivity index (χ4v) is 1.56. The maximum atomic E-state index is 11.7. The zero-order valence-electron chi connectivity index (χ0n) is 8.40. The van der Waals surface area contributed by atoms with Gasteiger partial charge in [0.25, 0.3) is 0 Å². The first-order valence-electron chi connectivity index (χ1n) is 3.92. The van der Waals surface area contributed by atoms with Crippen LogP contribution in [0.15, 0.2) is 0 Å². The third-order valence-electron chi connectivity index (χ3n) is 0.988. The molecule has 0 aliphatic heterocycles. The Hall–Kier alpha value is -0.520. The third-order valence-corrected chi connectivity index (χ3v) is 2.31. The van der Waals surface area contributed by atoms with E-state index in [1.165, 1.54) is 0 Å². The van der Waals surface area contributed by atoms with Crippen molar-refractivity contribution in [2.24, 2.45) is 0 Å². The molecule has 0 aliphatic rings. The van der Waals surface area contributed by atoms with Crippen LogP contribution < -0.4 is 0 Å². The highest BCUT2D eigenvalue weighted by molar-refractivity contribution is 7.48. The lowest BCUT2D eigenvalue weighted by Crippen LogP contribution is -2.23. The molecule has 0 aromatic rings. The molecule has 116 valence electrons. The average molecular weight is 330 g/mol. The summed E-state index contributed by atoms with van der Waals surface area (Å²) in [5, 5.41) is 0. The number of phosphoric acid groups is 1. The van der Waals surface area contributed by atoms with Gasteiger partial charge in [-0.3, -0.25) is 9.05 Å². The van der Waals surface area contributed by atoms with E-state index in [0.717, 1.165) is 0 Å². The normalized spacial score (nSPS) is 14.8. The predicted molar refractivity (Wildman–Crippen MR) is 38.8 cm³/mol. The number of halogens is 9. The van der Waals surface area contributed by atoms with Crippen molar-refractivity contribution in [3.63, 3.8) is 0 Å². The third kappa shape index (κ3) is 11.0. The second-order valence-electron chi connectivity index (χ2n) is 2.76. The van der Waals surface area contributed by atoms with Crippen LogP contribution in [-0.2, 0) is 18.1 Å². The Bertz CT molecular complexity index is 309. The molecule has 4 nitrogen and oxygen atoms in total. The summed E-state index contributed by atoms with van der Waals surface area (Å²) < 4.78 is 125. The molecule has 0 aromatic carbocycles. The summed E-state index contributed by atoms with van der Waals surface area (Å²) in [6, 6.07) is 0. The molecule has 0 amide bonds. The minimum Gasteiger partial charge on any atom is -0.277 e. The second kappa shape index (κ2) is 5.85. The molecule has 0 bridgehead atoms. The summed E-state index contributed by atoms with van der Waals surface area (Å²) >= 11 is 0. The predicted octanol–water partition coefficient (Wildman–Crippen LogP) is 3.79. The van der Waals surface area contributed by atoms with E-state index in [4.69, 9.17) is 0 Å². The van der Waals surface area contributed by atoms with Gasteiger partial charge in [0.2, 0.25) is 0 Å².